The molecule has 1 saturated carbocycles. The molecule has 0 unspecified atom stereocenters. The predicted molar refractivity (Wildman–Crippen MR) is 117 cm³/mol. The Morgan fingerprint density at radius 1 is 0.900 bits per heavy atom. The molecule has 3 aliphatic rings. The number of nitrogens with zero attached hydrogens (tertiary/aromatic N) is 5. The molecule has 1 aliphatic carbocycles. The first kappa shape index (κ1) is 21.1. The Morgan fingerprint density at radius 2 is 1.53 bits per heavy atom. The number of non-ortho nitro benzene ring substituents is 1. The summed E-state index contributed by atoms with van der Waals surface area (Å²) in [5.74, 6) is 0.252. The van der Waals surface area contributed by atoms with Gasteiger partial charge < -0.3 is 9.80 Å². The number of nitro benzene ring substituents is 1. The second kappa shape index (κ2) is 9.75. The fourth-order valence-corrected chi connectivity index (χ4v) is 5.02. The molecule has 0 N–H and O–H groups in total. The largest absolute Gasteiger partial charge is 0.369 e. The molecule has 4 rings (SSSR count). The van der Waals surface area contributed by atoms with Crippen LogP contribution in [0.5, 0.6) is 0 Å². The van der Waals surface area contributed by atoms with Crippen molar-refractivity contribution in [3.05, 3.63) is 34.4 Å². The van der Waals surface area contributed by atoms with Gasteiger partial charge in [-0.25, -0.2) is 0 Å². The smallest absolute Gasteiger partial charge is 0.269 e. The van der Waals surface area contributed by atoms with Crippen LogP contribution in [0.25, 0.3) is 0 Å². The summed E-state index contributed by atoms with van der Waals surface area (Å²) in [6.07, 6.45) is 6.75. The van der Waals surface area contributed by atoms with E-state index in [1.54, 1.807) is 12.1 Å². The summed E-state index contributed by atoms with van der Waals surface area (Å²) in [5, 5.41) is 10.8. The van der Waals surface area contributed by atoms with Crippen LogP contribution in [0.4, 0.5) is 11.4 Å². The summed E-state index contributed by atoms with van der Waals surface area (Å²) in [7, 11) is 0. The minimum Gasteiger partial charge on any atom is -0.369 e. The third-order valence-corrected chi connectivity index (χ3v) is 6.91. The zero-order valence-corrected chi connectivity index (χ0v) is 17.7. The van der Waals surface area contributed by atoms with E-state index in [2.05, 4.69) is 14.7 Å². The zero-order valence-electron chi connectivity index (χ0n) is 17.7. The Bertz CT molecular complexity index is 719. The Hall–Kier alpha value is -2.19. The third-order valence-electron chi connectivity index (χ3n) is 6.91. The van der Waals surface area contributed by atoms with E-state index < -0.39 is 0 Å². The lowest BCUT2D eigenvalue weighted by atomic mass is 9.94. The lowest BCUT2D eigenvalue weighted by Gasteiger charge is -2.41. The van der Waals surface area contributed by atoms with Crippen molar-refractivity contribution in [3.8, 4) is 0 Å². The van der Waals surface area contributed by atoms with Gasteiger partial charge in [-0.1, -0.05) is 19.3 Å². The van der Waals surface area contributed by atoms with E-state index in [9.17, 15) is 14.9 Å². The molecule has 1 amide bonds. The summed E-state index contributed by atoms with van der Waals surface area (Å²) < 4.78 is 0. The van der Waals surface area contributed by atoms with Crippen LogP contribution in [0, 0.1) is 10.1 Å². The highest BCUT2D eigenvalue weighted by Gasteiger charge is 2.28. The molecule has 0 spiro atoms. The fourth-order valence-electron chi connectivity index (χ4n) is 5.02. The number of carbonyl (C=O) groups excluding carboxylic acids is 1. The summed E-state index contributed by atoms with van der Waals surface area (Å²) in [5.41, 5.74) is 1.12. The van der Waals surface area contributed by atoms with Gasteiger partial charge in [0.25, 0.3) is 5.69 Å². The van der Waals surface area contributed by atoms with Gasteiger partial charge in [-0.2, -0.15) is 0 Å². The lowest BCUT2D eigenvalue weighted by molar-refractivity contribution is -0.384. The second-order valence-corrected chi connectivity index (χ2v) is 8.75. The number of amides is 1. The highest BCUT2D eigenvalue weighted by Crippen LogP contribution is 2.24. The molecule has 2 heterocycles. The van der Waals surface area contributed by atoms with Crippen molar-refractivity contribution in [1.29, 1.82) is 0 Å². The molecule has 0 aromatic heterocycles. The molecule has 2 saturated heterocycles. The van der Waals surface area contributed by atoms with Gasteiger partial charge in [-0.05, 0) is 25.0 Å². The van der Waals surface area contributed by atoms with E-state index in [4.69, 9.17) is 0 Å². The molecule has 8 heteroatoms. The summed E-state index contributed by atoms with van der Waals surface area (Å²) in [6.45, 7) is 7.60. The van der Waals surface area contributed by atoms with Gasteiger partial charge in [-0.15, -0.1) is 0 Å². The number of hydrogen-bond acceptors (Lipinski definition) is 6. The summed E-state index contributed by atoms with van der Waals surface area (Å²) in [6, 6.07) is 7.47. The number of piperazine rings is 2. The van der Waals surface area contributed by atoms with Crippen molar-refractivity contribution in [2.45, 2.75) is 38.1 Å². The van der Waals surface area contributed by atoms with Crippen molar-refractivity contribution in [3.63, 3.8) is 0 Å². The molecule has 30 heavy (non-hydrogen) atoms. The van der Waals surface area contributed by atoms with Crippen molar-refractivity contribution >= 4 is 17.3 Å². The van der Waals surface area contributed by atoms with Crippen LogP contribution in [0.1, 0.15) is 32.1 Å². The van der Waals surface area contributed by atoms with Gasteiger partial charge in [0.1, 0.15) is 0 Å². The van der Waals surface area contributed by atoms with E-state index >= 15 is 0 Å². The van der Waals surface area contributed by atoms with Gasteiger partial charge in [0.2, 0.25) is 5.91 Å². The number of rotatable bonds is 5. The van der Waals surface area contributed by atoms with Crippen LogP contribution in [0.15, 0.2) is 24.3 Å². The zero-order chi connectivity index (χ0) is 20.9. The standard InChI is InChI=1S/C22H33N5O3/c28-22(26-16-14-25(15-17-26)19-4-2-1-3-5-19)18-23-10-12-24(13-11-23)20-6-8-21(9-7-20)27(29)30/h6-9,19H,1-5,10-18H2. The van der Waals surface area contributed by atoms with E-state index in [1.807, 2.05) is 17.0 Å². The van der Waals surface area contributed by atoms with Gasteiger partial charge in [0, 0.05) is 76.2 Å². The number of benzene rings is 1. The second-order valence-electron chi connectivity index (χ2n) is 8.75. The molecule has 164 valence electrons. The number of anilines is 1. The Morgan fingerprint density at radius 3 is 2.13 bits per heavy atom. The van der Waals surface area contributed by atoms with Gasteiger partial charge in [0.15, 0.2) is 0 Å². The Labute approximate surface area is 178 Å². The minimum absolute atomic E-state index is 0.117. The summed E-state index contributed by atoms with van der Waals surface area (Å²) >= 11 is 0. The highest BCUT2D eigenvalue weighted by molar-refractivity contribution is 5.78. The quantitative estimate of drug-likeness (QED) is 0.542. The highest BCUT2D eigenvalue weighted by atomic mass is 16.6. The third kappa shape index (κ3) is 5.10. The molecule has 1 aromatic carbocycles. The molecular formula is C22H33N5O3. The van der Waals surface area contributed by atoms with Crippen LogP contribution in [-0.2, 0) is 4.79 Å². The molecule has 0 bridgehead atoms. The summed E-state index contributed by atoms with van der Waals surface area (Å²) in [4.78, 5) is 32.3. The number of hydrogen-bond donors (Lipinski definition) is 0. The predicted octanol–water partition coefficient (Wildman–Crippen LogP) is 2.19. The van der Waals surface area contributed by atoms with Crippen LogP contribution < -0.4 is 4.90 Å². The topological polar surface area (TPSA) is 73.2 Å². The van der Waals surface area contributed by atoms with Crippen LogP contribution >= 0.6 is 0 Å². The first-order chi connectivity index (χ1) is 14.6. The SMILES string of the molecule is O=C(CN1CCN(c2ccc([N+](=O)[O-])cc2)CC1)N1CCN(C2CCCCC2)CC1. The van der Waals surface area contributed by atoms with Gasteiger partial charge in [-0.3, -0.25) is 24.7 Å². The molecule has 1 aromatic rings. The van der Waals surface area contributed by atoms with Crippen molar-refractivity contribution in [1.82, 2.24) is 14.7 Å². The number of nitro groups is 1. The van der Waals surface area contributed by atoms with Crippen LogP contribution in [0.2, 0.25) is 0 Å². The monoisotopic (exact) mass is 415 g/mol. The van der Waals surface area contributed by atoms with E-state index in [1.165, 1.54) is 32.1 Å². The van der Waals surface area contributed by atoms with Crippen molar-refractivity contribution in [2.24, 2.45) is 0 Å². The average Bonchev–Trinajstić information content (AvgIpc) is 2.80. The molecular weight excluding hydrogens is 382 g/mol. The van der Waals surface area contributed by atoms with E-state index in [0.717, 1.165) is 64.1 Å². The van der Waals surface area contributed by atoms with E-state index in [0.29, 0.717) is 6.54 Å². The number of carbonyl (C=O) groups is 1. The fraction of sp³-hybridized carbons (Fsp3) is 0.682. The van der Waals surface area contributed by atoms with Gasteiger partial charge in [0.05, 0.1) is 11.5 Å². The minimum atomic E-state index is -0.373. The van der Waals surface area contributed by atoms with Crippen molar-refractivity contribution in [2.75, 3.05) is 63.8 Å². The van der Waals surface area contributed by atoms with E-state index in [-0.39, 0.29) is 16.5 Å². The average molecular weight is 416 g/mol. The normalized spacial score (nSPS) is 22.3. The Kier molecular flexibility index (Phi) is 6.84. The lowest BCUT2D eigenvalue weighted by Crippen LogP contribution is -2.55. The molecule has 2 aliphatic heterocycles. The molecule has 8 nitrogen and oxygen atoms in total. The van der Waals surface area contributed by atoms with Crippen LogP contribution in [0.3, 0.4) is 0 Å². The Balaban J connectivity index is 1.19. The first-order valence-corrected chi connectivity index (χ1v) is 11.3. The maximum atomic E-state index is 12.8. The first-order valence-electron chi connectivity index (χ1n) is 11.3. The maximum absolute atomic E-state index is 12.8. The van der Waals surface area contributed by atoms with Gasteiger partial charge >= 0.3 is 0 Å². The maximum Gasteiger partial charge on any atom is 0.269 e. The molecule has 0 atom stereocenters. The van der Waals surface area contributed by atoms with Crippen molar-refractivity contribution < 1.29 is 9.72 Å². The van der Waals surface area contributed by atoms with Crippen LogP contribution in [-0.4, -0.2) is 90.5 Å². The molecule has 0 radical (unpaired) electrons. The molecule has 3 fully saturated rings.